The Hall–Kier alpha value is -0.940. The molecule has 0 unspecified atom stereocenters. The van der Waals surface area contributed by atoms with Crippen molar-refractivity contribution in [2.24, 2.45) is 5.73 Å². The predicted octanol–water partition coefficient (Wildman–Crippen LogP) is 2.11. The highest BCUT2D eigenvalue weighted by molar-refractivity contribution is 7.19. The molecule has 102 valence electrons. The molecule has 0 bridgehead atoms. The van der Waals surface area contributed by atoms with Gasteiger partial charge in [0.05, 0.1) is 0 Å². The number of thiophene rings is 1. The Morgan fingerprint density at radius 2 is 1.89 bits per heavy atom. The fourth-order valence-corrected chi connectivity index (χ4v) is 3.81. The van der Waals surface area contributed by atoms with Crippen molar-refractivity contribution in [2.45, 2.75) is 13.1 Å². The summed E-state index contributed by atoms with van der Waals surface area (Å²) >= 11 is 1.85. The molecule has 1 aliphatic rings. The molecular formula is C15H21N3S. The van der Waals surface area contributed by atoms with Gasteiger partial charge in [0, 0.05) is 48.8 Å². The van der Waals surface area contributed by atoms with E-state index in [0.29, 0.717) is 6.54 Å². The van der Waals surface area contributed by atoms with Crippen LogP contribution in [0, 0.1) is 0 Å². The summed E-state index contributed by atoms with van der Waals surface area (Å²) in [4.78, 5) is 6.29. The van der Waals surface area contributed by atoms with E-state index in [2.05, 4.69) is 41.1 Å². The molecule has 3 nitrogen and oxygen atoms in total. The molecule has 0 saturated carbocycles. The van der Waals surface area contributed by atoms with Crippen molar-refractivity contribution in [3.8, 4) is 0 Å². The van der Waals surface area contributed by atoms with Crippen LogP contribution in [0.25, 0.3) is 10.1 Å². The first-order chi connectivity index (χ1) is 9.28. The first-order valence-electron chi connectivity index (χ1n) is 6.88. The number of fused-ring (bicyclic) bond motifs is 1. The second-order valence-electron chi connectivity index (χ2n) is 5.28. The number of nitrogens with two attached hydrogens (primary N) is 1. The Morgan fingerprint density at radius 3 is 2.63 bits per heavy atom. The van der Waals surface area contributed by atoms with Crippen LogP contribution in [0.1, 0.15) is 10.4 Å². The van der Waals surface area contributed by atoms with Crippen LogP contribution in [0.5, 0.6) is 0 Å². The van der Waals surface area contributed by atoms with Crippen molar-refractivity contribution in [2.75, 3.05) is 33.2 Å². The van der Waals surface area contributed by atoms with Gasteiger partial charge in [-0.05, 0) is 24.1 Å². The van der Waals surface area contributed by atoms with Gasteiger partial charge in [-0.2, -0.15) is 0 Å². The number of rotatable bonds is 3. The van der Waals surface area contributed by atoms with Gasteiger partial charge >= 0.3 is 0 Å². The molecule has 19 heavy (non-hydrogen) atoms. The zero-order valence-electron chi connectivity index (χ0n) is 11.4. The second-order valence-corrected chi connectivity index (χ2v) is 6.42. The van der Waals surface area contributed by atoms with Crippen LogP contribution in [-0.2, 0) is 13.1 Å². The third-order valence-corrected chi connectivity index (χ3v) is 5.18. The zero-order valence-corrected chi connectivity index (χ0v) is 12.2. The number of hydrogen-bond donors (Lipinski definition) is 1. The van der Waals surface area contributed by atoms with Gasteiger partial charge < -0.3 is 10.6 Å². The monoisotopic (exact) mass is 275 g/mol. The molecule has 1 aromatic heterocycles. The average Bonchev–Trinajstić information content (AvgIpc) is 2.79. The Bertz CT molecular complexity index is 556. The Labute approximate surface area is 118 Å². The van der Waals surface area contributed by atoms with Crippen LogP contribution in [0.15, 0.2) is 24.3 Å². The number of piperazine rings is 1. The van der Waals surface area contributed by atoms with Gasteiger partial charge in [0.15, 0.2) is 0 Å². The molecule has 2 heterocycles. The topological polar surface area (TPSA) is 32.5 Å². The number of benzene rings is 1. The lowest BCUT2D eigenvalue weighted by molar-refractivity contribution is 0.148. The number of hydrogen-bond acceptors (Lipinski definition) is 4. The van der Waals surface area contributed by atoms with Crippen LogP contribution in [0.4, 0.5) is 0 Å². The molecule has 1 saturated heterocycles. The summed E-state index contributed by atoms with van der Waals surface area (Å²) in [5.74, 6) is 0. The molecule has 0 atom stereocenters. The first kappa shape index (κ1) is 13.1. The number of likely N-dealkylation sites (N-methyl/N-ethyl adjacent to an activating group) is 1. The third kappa shape index (κ3) is 2.67. The standard InChI is InChI=1S/C15H21N3S/c1-17-6-8-18(9-7-17)11-13-12-4-2-3-5-14(12)19-15(13)10-16/h2-5H,6-11,16H2,1H3. The van der Waals surface area contributed by atoms with Gasteiger partial charge in [-0.25, -0.2) is 0 Å². The number of nitrogens with zero attached hydrogens (tertiary/aromatic N) is 2. The molecule has 0 amide bonds. The highest BCUT2D eigenvalue weighted by Crippen LogP contribution is 2.32. The largest absolute Gasteiger partial charge is 0.326 e. The fourth-order valence-electron chi connectivity index (χ4n) is 2.72. The van der Waals surface area contributed by atoms with Gasteiger partial charge in [-0.3, -0.25) is 4.90 Å². The normalized spacial score (nSPS) is 18.2. The molecule has 0 spiro atoms. The van der Waals surface area contributed by atoms with Crippen molar-refractivity contribution in [1.29, 1.82) is 0 Å². The van der Waals surface area contributed by atoms with Crippen molar-refractivity contribution >= 4 is 21.4 Å². The minimum absolute atomic E-state index is 0.655. The van der Waals surface area contributed by atoms with Crippen molar-refractivity contribution in [3.63, 3.8) is 0 Å². The summed E-state index contributed by atoms with van der Waals surface area (Å²) in [6.45, 7) is 6.35. The highest BCUT2D eigenvalue weighted by atomic mass is 32.1. The molecular weight excluding hydrogens is 254 g/mol. The van der Waals surface area contributed by atoms with Crippen molar-refractivity contribution in [1.82, 2.24) is 9.80 Å². The van der Waals surface area contributed by atoms with Crippen molar-refractivity contribution in [3.05, 3.63) is 34.7 Å². The molecule has 0 radical (unpaired) electrons. The minimum Gasteiger partial charge on any atom is -0.326 e. The van der Waals surface area contributed by atoms with E-state index in [1.54, 1.807) is 0 Å². The quantitative estimate of drug-likeness (QED) is 0.931. The van der Waals surface area contributed by atoms with E-state index in [1.165, 1.54) is 33.6 Å². The molecule has 4 heteroatoms. The van der Waals surface area contributed by atoms with Crippen LogP contribution < -0.4 is 5.73 Å². The molecule has 1 aromatic carbocycles. The fraction of sp³-hybridized carbons (Fsp3) is 0.467. The van der Waals surface area contributed by atoms with Crippen LogP contribution in [0.2, 0.25) is 0 Å². The van der Waals surface area contributed by atoms with Gasteiger partial charge in [-0.1, -0.05) is 18.2 Å². The average molecular weight is 275 g/mol. The third-order valence-electron chi connectivity index (χ3n) is 3.94. The van der Waals surface area contributed by atoms with Crippen LogP contribution in [0.3, 0.4) is 0 Å². The molecule has 0 aliphatic carbocycles. The minimum atomic E-state index is 0.655. The van der Waals surface area contributed by atoms with Crippen molar-refractivity contribution < 1.29 is 0 Å². The SMILES string of the molecule is CN1CCN(Cc2c(CN)sc3ccccc23)CC1. The maximum atomic E-state index is 5.93. The van der Waals surface area contributed by atoms with E-state index in [9.17, 15) is 0 Å². The Kier molecular flexibility index (Phi) is 3.84. The van der Waals surface area contributed by atoms with Crippen LogP contribution >= 0.6 is 11.3 Å². The Morgan fingerprint density at radius 1 is 1.16 bits per heavy atom. The summed E-state index contributed by atoms with van der Waals surface area (Å²) in [5.41, 5.74) is 7.38. The smallest absolute Gasteiger partial charge is 0.0349 e. The van der Waals surface area contributed by atoms with E-state index in [4.69, 9.17) is 5.73 Å². The summed E-state index contributed by atoms with van der Waals surface area (Å²) in [7, 11) is 2.20. The predicted molar refractivity (Wildman–Crippen MR) is 82.5 cm³/mol. The lowest BCUT2D eigenvalue weighted by atomic mass is 10.1. The van der Waals surface area contributed by atoms with E-state index in [1.807, 2.05) is 11.3 Å². The lowest BCUT2D eigenvalue weighted by Gasteiger charge is -2.32. The second kappa shape index (κ2) is 5.59. The lowest BCUT2D eigenvalue weighted by Crippen LogP contribution is -2.43. The summed E-state index contributed by atoms with van der Waals surface area (Å²) in [6, 6.07) is 8.67. The Balaban J connectivity index is 1.87. The highest BCUT2D eigenvalue weighted by Gasteiger charge is 2.18. The van der Waals surface area contributed by atoms with E-state index >= 15 is 0 Å². The summed E-state index contributed by atoms with van der Waals surface area (Å²) in [6.07, 6.45) is 0. The van der Waals surface area contributed by atoms with Gasteiger partial charge in [-0.15, -0.1) is 11.3 Å². The van der Waals surface area contributed by atoms with E-state index in [-0.39, 0.29) is 0 Å². The zero-order chi connectivity index (χ0) is 13.2. The van der Waals surface area contributed by atoms with E-state index < -0.39 is 0 Å². The molecule has 2 N–H and O–H groups in total. The molecule has 1 fully saturated rings. The van der Waals surface area contributed by atoms with E-state index in [0.717, 1.165) is 19.6 Å². The van der Waals surface area contributed by atoms with Gasteiger partial charge in [0.2, 0.25) is 0 Å². The van der Waals surface area contributed by atoms with Gasteiger partial charge in [0.25, 0.3) is 0 Å². The summed E-state index contributed by atoms with van der Waals surface area (Å²) in [5, 5.41) is 1.40. The van der Waals surface area contributed by atoms with Crippen LogP contribution in [-0.4, -0.2) is 43.0 Å². The summed E-state index contributed by atoms with van der Waals surface area (Å²) < 4.78 is 1.37. The molecule has 3 rings (SSSR count). The molecule has 1 aliphatic heterocycles. The maximum Gasteiger partial charge on any atom is 0.0349 e. The maximum absolute atomic E-state index is 5.93. The molecule has 2 aromatic rings. The van der Waals surface area contributed by atoms with Gasteiger partial charge in [0.1, 0.15) is 0 Å². The first-order valence-corrected chi connectivity index (χ1v) is 7.70.